The fourth-order valence-electron chi connectivity index (χ4n) is 2.27. The number of amides is 2. The zero-order chi connectivity index (χ0) is 13.9. The summed E-state index contributed by atoms with van der Waals surface area (Å²) in [6.07, 6.45) is 6.63. The van der Waals surface area contributed by atoms with Gasteiger partial charge in [0.2, 0.25) is 11.8 Å². The number of aryl methyl sites for hydroxylation is 1. The largest absolute Gasteiger partial charge is 0.342 e. The van der Waals surface area contributed by atoms with Crippen LogP contribution in [0.15, 0.2) is 18.7 Å². The Morgan fingerprint density at radius 2 is 2.16 bits per heavy atom. The summed E-state index contributed by atoms with van der Waals surface area (Å²) in [5.74, 6) is -0.0700. The van der Waals surface area contributed by atoms with E-state index in [0.717, 1.165) is 13.0 Å². The first-order valence-electron chi connectivity index (χ1n) is 6.55. The number of imidazole rings is 1. The smallest absolute Gasteiger partial charge is 0.247 e. The molecule has 0 bridgehead atoms. The van der Waals surface area contributed by atoms with Crippen molar-refractivity contribution >= 4 is 11.8 Å². The van der Waals surface area contributed by atoms with Crippen LogP contribution in [0.3, 0.4) is 0 Å². The number of carbonyl (C=O) groups excluding carboxylic acids is 2. The van der Waals surface area contributed by atoms with Crippen molar-refractivity contribution in [3.63, 3.8) is 0 Å². The summed E-state index contributed by atoms with van der Waals surface area (Å²) in [5.41, 5.74) is -0.803. The molecular weight excluding hydrogens is 244 g/mol. The van der Waals surface area contributed by atoms with Crippen LogP contribution in [0.2, 0.25) is 0 Å². The fourth-order valence-corrected chi connectivity index (χ4v) is 2.27. The number of hydrogen-bond acceptors (Lipinski definition) is 3. The Kier molecular flexibility index (Phi) is 3.87. The molecule has 6 nitrogen and oxygen atoms in total. The predicted molar refractivity (Wildman–Crippen MR) is 70.3 cm³/mol. The van der Waals surface area contributed by atoms with Crippen LogP contribution in [-0.4, -0.2) is 44.9 Å². The molecule has 1 fully saturated rings. The van der Waals surface area contributed by atoms with Crippen molar-refractivity contribution in [2.45, 2.75) is 38.8 Å². The van der Waals surface area contributed by atoms with Crippen LogP contribution in [0.5, 0.6) is 0 Å². The van der Waals surface area contributed by atoms with Crippen molar-refractivity contribution in [3.05, 3.63) is 18.7 Å². The predicted octanol–water partition coefficient (Wildman–Crippen LogP) is 0.400. The lowest BCUT2D eigenvalue weighted by molar-refractivity contribution is -0.137. The number of nitrogens with one attached hydrogen (secondary N) is 1. The quantitative estimate of drug-likeness (QED) is 0.856. The van der Waals surface area contributed by atoms with Gasteiger partial charge in [0.15, 0.2) is 0 Å². The first-order chi connectivity index (χ1) is 8.99. The van der Waals surface area contributed by atoms with Gasteiger partial charge >= 0.3 is 0 Å². The SMILES string of the molecule is CC1(C)NC(=O)CCN(CCCn2ccnc2)C1=O. The van der Waals surface area contributed by atoms with Crippen LogP contribution in [-0.2, 0) is 16.1 Å². The molecule has 0 aliphatic carbocycles. The minimum atomic E-state index is -0.803. The first-order valence-corrected chi connectivity index (χ1v) is 6.55. The molecule has 19 heavy (non-hydrogen) atoms. The van der Waals surface area contributed by atoms with E-state index in [1.165, 1.54) is 0 Å². The maximum absolute atomic E-state index is 12.3. The van der Waals surface area contributed by atoms with Crippen molar-refractivity contribution in [1.82, 2.24) is 19.8 Å². The number of carbonyl (C=O) groups is 2. The van der Waals surface area contributed by atoms with Crippen molar-refractivity contribution in [2.24, 2.45) is 0 Å². The number of nitrogens with zero attached hydrogens (tertiary/aromatic N) is 3. The third-order valence-electron chi connectivity index (χ3n) is 3.29. The highest BCUT2D eigenvalue weighted by Crippen LogP contribution is 2.13. The molecule has 1 N–H and O–H groups in total. The molecule has 2 amide bonds. The molecule has 1 saturated heterocycles. The van der Waals surface area contributed by atoms with E-state index < -0.39 is 5.54 Å². The lowest BCUT2D eigenvalue weighted by Gasteiger charge is -2.28. The van der Waals surface area contributed by atoms with E-state index >= 15 is 0 Å². The maximum Gasteiger partial charge on any atom is 0.247 e. The standard InChI is InChI=1S/C13H20N4O2/c1-13(2)12(19)17(8-4-11(18)15-13)7-3-6-16-9-5-14-10-16/h5,9-10H,3-4,6-8H2,1-2H3,(H,15,18). The number of hydrogen-bond donors (Lipinski definition) is 1. The van der Waals surface area contributed by atoms with Crippen LogP contribution in [0.4, 0.5) is 0 Å². The van der Waals surface area contributed by atoms with Gasteiger partial charge in [-0.25, -0.2) is 4.98 Å². The molecule has 104 valence electrons. The van der Waals surface area contributed by atoms with Gasteiger partial charge in [0.05, 0.1) is 6.33 Å². The average Bonchev–Trinajstić information content (AvgIpc) is 2.81. The third kappa shape index (κ3) is 3.33. The minimum absolute atomic E-state index is 0.0102. The highest BCUT2D eigenvalue weighted by Gasteiger charge is 2.35. The summed E-state index contributed by atoms with van der Waals surface area (Å²) >= 11 is 0. The highest BCUT2D eigenvalue weighted by atomic mass is 16.2. The lowest BCUT2D eigenvalue weighted by atomic mass is 10.0. The van der Waals surface area contributed by atoms with Gasteiger partial charge in [-0.3, -0.25) is 9.59 Å². The zero-order valence-corrected chi connectivity index (χ0v) is 11.4. The van der Waals surface area contributed by atoms with E-state index in [1.54, 1.807) is 31.3 Å². The maximum atomic E-state index is 12.3. The van der Waals surface area contributed by atoms with Gasteiger partial charge in [-0.15, -0.1) is 0 Å². The van der Waals surface area contributed by atoms with Crippen LogP contribution in [0.25, 0.3) is 0 Å². The summed E-state index contributed by atoms with van der Waals surface area (Å²) in [4.78, 5) is 29.6. The summed E-state index contributed by atoms with van der Waals surface area (Å²) in [7, 11) is 0. The molecule has 0 saturated carbocycles. The van der Waals surface area contributed by atoms with Crippen molar-refractivity contribution < 1.29 is 9.59 Å². The monoisotopic (exact) mass is 264 g/mol. The fraction of sp³-hybridized carbons (Fsp3) is 0.615. The van der Waals surface area contributed by atoms with Crippen molar-refractivity contribution in [2.75, 3.05) is 13.1 Å². The second kappa shape index (κ2) is 5.42. The molecule has 1 aromatic heterocycles. The van der Waals surface area contributed by atoms with Gasteiger partial charge in [0, 0.05) is 38.4 Å². The topological polar surface area (TPSA) is 67.2 Å². The van der Waals surface area contributed by atoms with E-state index in [-0.39, 0.29) is 11.8 Å². The van der Waals surface area contributed by atoms with Crippen LogP contribution < -0.4 is 5.32 Å². The molecule has 1 aliphatic rings. The molecule has 0 radical (unpaired) electrons. The highest BCUT2D eigenvalue weighted by molar-refractivity contribution is 5.92. The molecule has 1 aromatic rings. The summed E-state index contributed by atoms with van der Waals surface area (Å²) < 4.78 is 1.98. The van der Waals surface area contributed by atoms with Gasteiger partial charge in [0.1, 0.15) is 5.54 Å². The van der Waals surface area contributed by atoms with Crippen LogP contribution in [0, 0.1) is 0 Å². The molecule has 2 rings (SSSR count). The third-order valence-corrected chi connectivity index (χ3v) is 3.29. The second-order valence-corrected chi connectivity index (χ2v) is 5.37. The normalized spacial score (nSPS) is 19.2. The number of aromatic nitrogens is 2. The Morgan fingerprint density at radius 1 is 1.37 bits per heavy atom. The van der Waals surface area contributed by atoms with E-state index in [4.69, 9.17) is 0 Å². The second-order valence-electron chi connectivity index (χ2n) is 5.37. The van der Waals surface area contributed by atoms with E-state index in [1.807, 2.05) is 10.8 Å². The summed E-state index contributed by atoms with van der Waals surface area (Å²) in [6.45, 7) is 5.49. The van der Waals surface area contributed by atoms with Crippen LogP contribution in [0.1, 0.15) is 26.7 Å². The van der Waals surface area contributed by atoms with Crippen molar-refractivity contribution in [1.29, 1.82) is 0 Å². The minimum Gasteiger partial charge on any atom is -0.342 e. The molecular formula is C13H20N4O2. The van der Waals surface area contributed by atoms with Gasteiger partial charge in [0.25, 0.3) is 0 Å². The summed E-state index contributed by atoms with van der Waals surface area (Å²) in [5, 5.41) is 2.76. The van der Waals surface area contributed by atoms with Gasteiger partial charge in [-0.2, -0.15) is 0 Å². The summed E-state index contributed by atoms with van der Waals surface area (Å²) in [6, 6.07) is 0. The Labute approximate surface area is 112 Å². The Balaban J connectivity index is 1.91. The van der Waals surface area contributed by atoms with E-state index in [9.17, 15) is 9.59 Å². The Bertz CT molecular complexity index is 453. The molecule has 2 heterocycles. The van der Waals surface area contributed by atoms with Crippen molar-refractivity contribution in [3.8, 4) is 0 Å². The lowest BCUT2D eigenvalue weighted by Crippen LogP contribution is -2.53. The molecule has 0 unspecified atom stereocenters. The Hall–Kier alpha value is -1.85. The average molecular weight is 264 g/mol. The molecule has 0 spiro atoms. The van der Waals surface area contributed by atoms with E-state index in [2.05, 4.69) is 10.3 Å². The van der Waals surface area contributed by atoms with Gasteiger partial charge in [-0.1, -0.05) is 0 Å². The Morgan fingerprint density at radius 3 is 2.84 bits per heavy atom. The number of rotatable bonds is 4. The van der Waals surface area contributed by atoms with Gasteiger partial charge < -0.3 is 14.8 Å². The molecule has 0 aromatic carbocycles. The molecule has 0 atom stereocenters. The zero-order valence-electron chi connectivity index (χ0n) is 11.4. The van der Waals surface area contributed by atoms with E-state index in [0.29, 0.717) is 19.5 Å². The molecule has 6 heteroatoms. The first kappa shape index (κ1) is 13.6. The van der Waals surface area contributed by atoms with Gasteiger partial charge in [-0.05, 0) is 20.3 Å². The van der Waals surface area contributed by atoms with Crippen LogP contribution >= 0.6 is 0 Å². The molecule has 1 aliphatic heterocycles.